The number of carboxylic acid groups (broad SMARTS) is 1. The number of carbonyl (C=O) groups is 4. The highest BCUT2D eigenvalue weighted by atomic mass is 16.6. The number of rotatable bonds is 7. The van der Waals surface area contributed by atoms with Crippen LogP contribution in [-0.2, 0) is 20.7 Å². The van der Waals surface area contributed by atoms with Gasteiger partial charge in [0.25, 0.3) is 0 Å². The summed E-state index contributed by atoms with van der Waals surface area (Å²) in [5, 5.41) is 10.2. The van der Waals surface area contributed by atoms with Gasteiger partial charge in [0, 0.05) is 40.2 Å². The predicted molar refractivity (Wildman–Crippen MR) is 149 cm³/mol. The summed E-state index contributed by atoms with van der Waals surface area (Å²) in [6, 6.07) is 18.6. The molecule has 8 nitrogen and oxygen atoms in total. The van der Waals surface area contributed by atoms with E-state index in [2.05, 4.69) is 4.98 Å². The summed E-state index contributed by atoms with van der Waals surface area (Å²) < 4.78 is 10.8. The Morgan fingerprint density at radius 1 is 0.875 bits per heavy atom. The molecular formula is C32H27NO7. The Morgan fingerprint density at radius 3 is 2.25 bits per heavy atom. The molecule has 8 heteroatoms. The van der Waals surface area contributed by atoms with E-state index >= 15 is 0 Å². The lowest BCUT2D eigenvalue weighted by molar-refractivity contribution is -0.157. The summed E-state index contributed by atoms with van der Waals surface area (Å²) in [7, 11) is 0. The van der Waals surface area contributed by atoms with E-state index in [9.17, 15) is 24.3 Å². The zero-order valence-electron chi connectivity index (χ0n) is 22.2. The highest BCUT2D eigenvalue weighted by molar-refractivity contribution is 6.53. The second kappa shape index (κ2) is 10.3. The molecule has 0 amide bonds. The van der Waals surface area contributed by atoms with Crippen molar-refractivity contribution >= 4 is 40.0 Å². The minimum absolute atomic E-state index is 0.115. The quantitative estimate of drug-likeness (QED) is 0.239. The van der Waals surface area contributed by atoms with E-state index in [4.69, 9.17) is 9.47 Å². The first-order valence-corrected chi connectivity index (χ1v) is 12.7. The summed E-state index contributed by atoms with van der Waals surface area (Å²) >= 11 is 0. The number of nitrogens with one attached hydrogen (secondary N) is 1. The smallest absolute Gasteiger partial charge is 0.344 e. The zero-order valence-corrected chi connectivity index (χ0v) is 22.2. The Bertz CT molecular complexity index is 1700. The van der Waals surface area contributed by atoms with Crippen molar-refractivity contribution in [1.29, 1.82) is 0 Å². The van der Waals surface area contributed by atoms with Gasteiger partial charge in [0.2, 0.25) is 11.6 Å². The van der Waals surface area contributed by atoms with Crippen LogP contribution in [0, 0.1) is 0 Å². The lowest BCUT2D eigenvalue weighted by Crippen LogP contribution is -2.27. The molecule has 3 aromatic carbocycles. The Morgan fingerprint density at radius 2 is 1.57 bits per heavy atom. The molecule has 5 rings (SSSR count). The molecule has 0 bridgehead atoms. The van der Waals surface area contributed by atoms with Crippen LogP contribution < -0.4 is 4.74 Å². The number of benzene rings is 3. The van der Waals surface area contributed by atoms with Crippen molar-refractivity contribution in [3.63, 3.8) is 0 Å². The van der Waals surface area contributed by atoms with Crippen molar-refractivity contribution in [2.45, 2.75) is 32.8 Å². The van der Waals surface area contributed by atoms with Crippen molar-refractivity contribution < 1.29 is 33.8 Å². The van der Waals surface area contributed by atoms with Crippen LogP contribution in [0.25, 0.3) is 16.5 Å². The molecule has 202 valence electrons. The average molecular weight is 538 g/mol. The van der Waals surface area contributed by atoms with Crippen molar-refractivity contribution in [2.75, 3.05) is 6.61 Å². The zero-order chi connectivity index (χ0) is 28.6. The number of ether oxygens (including phenoxy) is 2. The van der Waals surface area contributed by atoms with Crippen molar-refractivity contribution in [3.8, 4) is 5.75 Å². The summed E-state index contributed by atoms with van der Waals surface area (Å²) in [4.78, 5) is 53.4. The number of allylic oxidation sites excluding steroid dienone is 1. The highest BCUT2D eigenvalue weighted by Gasteiger charge is 2.34. The van der Waals surface area contributed by atoms with Crippen LogP contribution >= 0.6 is 0 Å². The fraction of sp³-hybridized carbons (Fsp3) is 0.188. The number of carbonyl (C=O) groups excluding carboxylic acids is 3. The highest BCUT2D eigenvalue weighted by Crippen LogP contribution is 2.39. The van der Waals surface area contributed by atoms with Gasteiger partial charge in [-0.2, -0.15) is 0 Å². The number of aromatic nitrogens is 1. The number of hydrogen-bond acceptors (Lipinski definition) is 6. The fourth-order valence-corrected chi connectivity index (χ4v) is 4.79. The van der Waals surface area contributed by atoms with Crippen LogP contribution in [0.1, 0.15) is 58.2 Å². The second-order valence-corrected chi connectivity index (χ2v) is 10.5. The average Bonchev–Trinajstić information content (AvgIpc) is 3.33. The number of carboxylic acids is 1. The molecule has 0 saturated carbocycles. The van der Waals surface area contributed by atoms with Gasteiger partial charge >= 0.3 is 11.9 Å². The maximum absolute atomic E-state index is 13.5. The van der Waals surface area contributed by atoms with Gasteiger partial charge in [-0.3, -0.25) is 9.59 Å². The van der Waals surface area contributed by atoms with Crippen LogP contribution in [0.2, 0.25) is 0 Å². The van der Waals surface area contributed by atoms with Gasteiger partial charge in [-0.15, -0.1) is 0 Å². The number of ketones is 2. The predicted octanol–water partition coefficient (Wildman–Crippen LogP) is 5.40. The largest absolute Gasteiger partial charge is 0.482 e. The lowest BCUT2D eigenvalue weighted by atomic mass is 9.78. The molecule has 1 aliphatic rings. The third-order valence-electron chi connectivity index (χ3n) is 6.50. The fourth-order valence-electron chi connectivity index (χ4n) is 4.79. The first-order valence-electron chi connectivity index (χ1n) is 12.7. The van der Waals surface area contributed by atoms with Crippen LogP contribution in [-0.4, -0.2) is 45.8 Å². The second-order valence-electron chi connectivity index (χ2n) is 10.5. The van der Waals surface area contributed by atoms with Gasteiger partial charge in [-0.1, -0.05) is 36.4 Å². The topological polar surface area (TPSA) is 123 Å². The Labute approximate surface area is 230 Å². The van der Waals surface area contributed by atoms with Gasteiger partial charge in [-0.25, -0.2) is 9.59 Å². The summed E-state index contributed by atoms with van der Waals surface area (Å²) in [5.41, 5.74) is 3.42. The molecule has 2 N–H and O–H groups in total. The molecule has 0 saturated heterocycles. The molecule has 1 aromatic heterocycles. The van der Waals surface area contributed by atoms with E-state index in [1.54, 1.807) is 87.6 Å². The molecule has 0 radical (unpaired) electrons. The Balaban J connectivity index is 1.53. The molecular weight excluding hydrogens is 510 g/mol. The van der Waals surface area contributed by atoms with Gasteiger partial charge < -0.3 is 19.6 Å². The van der Waals surface area contributed by atoms with Crippen LogP contribution in [0.3, 0.4) is 0 Å². The minimum Gasteiger partial charge on any atom is -0.482 e. The van der Waals surface area contributed by atoms with Gasteiger partial charge in [0.1, 0.15) is 11.4 Å². The molecule has 0 aliphatic heterocycles. The van der Waals surface area contributed by atoms with Gasteiger partial charge in [0.15, 0.2) is 6.61 Å². The van der Waals surface area contributed by atoms with E-state index in [-0.39, 0.29) is 18.6 Å². The molecule has 0 atom stereocenters. The normalized spacial score (nSPS) is 13.4. The summed E-state index contributed by atoms with van der Waals surface area (Å²) in [5.74, 6) is -2.29. The number of aromatic amines is 1. The number of fused-ring (bicyclic) bond motifs is 2. The van der Waals surface area contributed by atoms with Crippen LogP contribution in [0.4, 0.5) is 0 Å². The first kappa shape index (κ1) is 26.6. The van der Waals surface area contributed by atoms with Gasteiger partial charge in [0.05, 0.1) is 5.56 Å². The maximum Gasteiger partial charge on any atom is 0.344 e. The molecule has 40 heavy (non-hydrogen) atoms. The number of esters is 1. The van der Waals surface area contributed by atoms with E-state index in [0.29, 0.717) is 44.5 Å². The van der Waals surface area contributed by atoms with Gasteiger partial charge in [-0.05, 0) is 67.8 Å². The number of H-pyrrole nitrogens is 1. The van der Waals surface area contributed by atoms with Crippen molar-refractivity contribution in [3.05, 3.63) is 106 Å². The van der Waals surface area contributed by atoms with E-state index in [1.165, 1.54) is 6.07 Å². The number of hydrogen-bond donors (Lipinski definition) is 2. The summed E-state index contributed by atoms with van der Waals surface area (Å²) in [6.07, 6.45) is 1.89. The van der Waals surface area contributed by atoms with Crippen LogP contribution in [0.5, 0.6) is 5.75 Å². The maximum atomic E-state index is 13.5. The van der Waals surface area contributed by atoms with E-state index in [1.807, 2.05) is 0 Å². The molecule has 1 aliphatic carbocycles. The monoisotopic (exact) mass is 537 g/mol. The molecule has 4 aromatic rings. The lowest BCUT2D eigenvalue weighted by Gasteiger charge is -2.22. The Kier molecular flexibility index (Phi) is 6.85. The summed E-state index contributed by atoms with van der Waals surface area (Å²) in [6.45, 7) is 5.09. The Hall–Kier alpha value is -4.98. The van der Waals surface area contributed by atoms with Crippen molar-refractivity contribution in [1.82, 2.24) is 4.98 Å². The van der Waals surface area contributed by atoms with E-state index in [0.717, 1.165) is 5.56 Å². The standard InChI is InChI=1S/C32H27NO7/c1-32(2,3)40-27(34)17-39-20-11-8-18(9-12-20)14-24-28(21-6-4-5-7-22(21)29(35)30(24)36)25-16-33-26-13-10-19(31(37)38)15-23(25)26/h4-13,15-16,33H,14,17H2,1-3H3,(H,37,38). The van der Waals surface area contributed by atoms with E-state index < -0.39 is 29.1 Å². The molecule has 1 heterocycles. The SMILES string of the molecule is CC(C)(C)OC(=O)COc1ccc(CC2=C(c3c[nH]c4ccc(C(=O)O)cc34)c3ccccc3C(=O)C2=O)cc1. The molecule has 0 spiro atoms. The van der Waals surface area contributed by atoms with Crippen molar-refractivity contribution in [2.24, 2.45) is 0 Å². The molecule has 0 fully saturated rings. The minimum atomic E-state index is -1.06. The third-order valence-corrected chi connectivity index (χ3v) is 6.50. The number of Topliss-reactive ketones (excluding diaryl/α,β-unsaturated/α-hetero) is 2. The van der Waals surface area contributed by atoms with Crippen LogP contribution in [0.15, 0.2) is 78.5 Å². The molecule has 0 unspecified atom stereocenters. The first-order chi connectivity index (χ1) is 19.0. The third kappa shape index (κ3) is 5.29. The number of aromatic carboxylic acids is 1.